The summed E-state index contributed by atoms with van der Waals surface area (Å²) in [5.41, 5.74) is -0.150. The molecule has 0 aromatic heterocycles. The second kappa shape index (κ2) is 6.53. The maximum Gasteiger partial charge on any atom is 0.234 e. The highest BCUT2D eigenvalue weighted by atomic mass is 16.3. The molecule has 4 heteroatoms. The lowest BCUT2D eigenvalue weighted by molar-refractivity contribution is -0.124. The van der Waals surface area contributed by atoms with E-state index >= 15 is 0 Å². The molecule has 1 aliphatic carbocycles. The molecule has 0 radical (unpaired) electrons. The van der Waals surface area contributed by atoms with E-state index in [-0.39, 0.29) is 23.6 Å². The number of likely N-dealkylation sites (N-methyl/N-ethyl adjacent to an activating group) is 1. The third-order valence-electron chi connectivity index (χ3n) is 4.01. The molecule has 1 aliphatic rings. The van der Waals surface area contributed by atoms with Crippen LogP contribution in [0.1, 0.15) is 52.9 Å². The van der Waals surface area contributed by atoms with Gasteiger partial charge in [-0.3, -0.25) is 9.69 Å². The molecular formula is C14H28N2O2. The molecule has 0 aliphatic heterocycles. The molecule has 106 valence electrons. The zero-order valence-electron chi connectivity index (χ0n) is 12.2. The number of hydrogen-bond donors (Lipinski definition) is 2. The average Bonchev–Trinajstić information content (AvgIpc) is 2.28. The summed E-state index contributed by atoms with van der Waals surface area (Å²) in [7, 11) is 1.93. The number of aliphatic hydroxyl groups excluding tert-OH is 1. The van der Waals surface area contributed by atoms with Crippen LogP contribution in [-0.2, 0) is 4.79 Å². The van der Waals surface area contributed by atoms with E-state index in [1.165, 1.54) is 0 Å². The van der Waals surface area contributed by atoms with Crippen LogP contribution in [0.15, 0.2) is 0 Å². The van der Waals surface area contributed by atoms with E-state index in [0.717, 1.165) is 32.1 Å². The quantitative estimate of drug-likeness (QED) is 0.784. The molecular weight excluding hydrogens is 228 g/mol. The fourth-order valence-corrected chi connectivity index (χ4v) is 2.45. The third kappa shape index (κ3) is 4.58. The SMILES string of the molecule is CCC(C)(C)NC(=O)CN(C)C1CCCCC1O. The van der Waals surface area contributed by atoms with Gasteiger partial charge in [-0.25, -0.2) is 0 Å². The number of hydrogen-bond acceptors (Lipinski definition) is 3. The van der Waals surface area contributed by atoms with Crippen molar-refractivity contribution in [1.29, 1.82) is 0 Å². The molecule has 1 rings (SSSR count). The van der Waals surface area contributed by atoms with Crippen molar-refractivity contribution < 1.29 is 9.90 Å². The molecule has 1 saturated carbocycles. The van der Waals surface area contributed by atoms with E-state index in [9.17, 15) is 9.90 Å². The fourth-order valence-electron chi connectivity index (χ4n) is 2.45. The highest BCUT2D eigenvalue weighted by Gasteiger charge is 2.28. The Hall–Kier alpha value is -0.610. The summed E-state index contributed by atoms with van der Waals surface area (Å²) in [5, 5.41) is 13.0. The van der Waals surface area contributed by atoms with Gasteiger partial charge in [-0.05, 0) is 40.2 Å². The van der Waals surface area contributed by atoms with Gasteiger partial charge in [0, 0.05) is 11.6 Å². The van der Waals surface area contributed by atoms with Gasteiger partial charge < -0.3 is 10.4 Å². The molecule has 2 N–H and O–H groups in total. The van der Waals surface area contributed by atoms with Gasteiger partial charge in [-0.1, -0.05) is 19.8 Å². The molecule has 1 fully saturated rings. The van der Waals surface area contributed by atoms with Crippen LogP contribution in [0.25, 0.3) is 0 Å². The topological polar surface area (TPSA) is 52.6 Å². The number of carbonyl (C=O) groups excluding carboxylic acids is 1. The first kappa shape index (κ1) is 15.4. The van der Waals surface area contributed by atoms with Gasteiger partial charge in [0.1, 0.15) is 0 Å². The maximum atomic E-state index is 11.9. The summed E-state index contributed by atoms with van der Waals surface area (Å²) in [6.07, 6.45) is 4.72. The Kier molecular flexibility index (Phi) is 5.60. The first-order valence-corrected chi connectivity index (χ1v) is 7.05. The van der Waals surface area contributed by atoms with E-state index in [2.05, 4.69) is 12.2 Å². The number of rotatable bonds is 5. The Morgan fingerprint density at radius 3 is 2.56 bits per heavy atom. The standard InChI is InChI=1S/C14H28N2O2/c1-5-14(2,3)15-13(18)10-16(4)11-8-6-7-9-12(11)17/h11-12,17H,5-10H2,1-4H3,(H,15,18). The lowest BCUT2D eigenvalue weighted by Crippen LogP contribution is -2.51. The summed E-state index contributed by atoms with van der Waals surface area (Å²) in [4.78, 5) is 13.9. The van der Waals surface area contributed by atoms with Crippen LogP contribution in [0.5, 0.6) is 0 Å². The summed E-state index contributed by atoms with van der Waals surface area (Å²) in [6.45, 7) is 6.49. The molecule has 18 heavy (non-hydrogen) atoms. The van der Waals surface area contributed by atoms with Crippen LogP contribution < -0.4 is 5.32 Å². The molecule has 4 nitrogen and oxygen atoms in total. The van der Waals surface area contributed by atoms with Crippen molar-refractivity contribution in [2.45, 2.75) is 70.6 Å². The molecule has 0 bridgehead atoms. The normalized spacial score (nSPS) is 25.2. The van der Waals surface area contributed by atoms with Crippen LogP contribution in [-0.4, -0.2) is 47.2 Å². The Balaban J connectivity index is 2.43. The molecule has 1 amide bonds. The molecule has 2 atom stereocenters. The van der Waals surface area contributed by atoms with Crippen molar-refractivity contribution in [3.63, 3.8) is 0 Å². The summed E-state index contributed by atoms with van der Waals surface area (Å²) in [6, 6.07) is 0.134. The van der Waals surface area contributed by atoms with Gasteiger partial charge in [0.2, 0.25) is 5.91 Å². The minimum atomic E-state index is -0.282. The Labute approximate surface area is 111 Å². The van der Waals surface area contributed by atoms with Gasteiger partial charge >= 0.3 is 0 Å². The van der Waals surface area contributed by atoms with E-state index in [1.807, 2.05) is 25.8 Å². The first-order chi connectivity index (χ1) is 8.35. The lowest BCUT2D eigenvalue weighted by atomic mass is 9.91. The minimum absolute atomic E-state index is 0.0436. The third-order valence-corrected chi connectivity index (χ3v) is 4.01. The Morgan fingerprint density at radius 2 is 2.00 bits per heavy atom. The smallest absolute Gasteiger partial charge is 0.234 e. The summed E-state index contributed by atoms with van der Waals surface area (Å²) in [5.74, 6) is 0.0436. The van der Waals surface area contributed by atoms with Crippen molar-refractivity contribution in [1.82, 2.24) is 10.2 Å². The second-order valence-electron chi connectivity index (χ2n) is 6.12. The molecule has 0 aromatic rings. The predicted octanol–water partition coefficient (Wildman–Crippen LogP) is 1.53. The Morgan fingerprint density at radius 1 is 1.39 bits per heavy atom. The zero-order chi connectivity index (χ0) is 13.8. The monoisotopic (exact) mass is 256 g/mol. The van der Waals surface area contributed by atoms with Crippen molar-refractivity contribution >= 4 is 5.91 Å². The largest absolute Gasteiger partial charge is 0.391 e. The predicted molar refractivity (Wildman–Crippen MR) is 73.4 cm³/mol. The van der Waals surface area contributed by atoms with Crippen LogP contribution >= 0.6 is 0 Å². The van der Waals surface area contributed by atoms with E-state index in [0.29, 0.717) is 6.54 Å². The van der Waals surface area contributed by atoms with E-state index in [4.69, 9.17) is 0 Å². The Bertz CT molecular complexity index is 279. The number of carbonyl (C=O) groups is 1. The highest BCUT2D eigenvalue weighted by Crippen LogP contribution is 2.22. The highest BCUT2D eigenvalue weighted by molar-refractivity contribution is 5.78. The average molecular weight is 256 g/mol. The number of nitrogens with one attached hydrogen (secondary N) is 1. The number of nitrogens with zero attached hydrogens (tertiary/aromatic N) is 1. The van der Waals surface area contributed by atoms with Gasteiger partial charge in [-0.15, -0.1) is 0 Å². The maximum absolute atomic E-state index is 11.9. The van der Waals surface area contributed by atoms with Crippen molar-refractivity contribution in [3.05, 3.63) is 0 Å². The second-order valence-corrected chi connectivity index (χ2v) is 6.12. The molecule has 0 aromatic carbocycles. The molecule has 0 heterocycles. The molecule has 2 unspecified atom stereocenters. The number of amides is 1. The van der Waals surface area contributed by atoms with Crippen molar-refractivity contribution in [2.75, 3.05) is 13.6 Å². The number of aliphatic hydroxyl groups is 1. The first-order valence-electron chi connectivity index (χ1n) is 7.05. The van der Waals surface area contributed by atoms with E-state index < -0.39 is 0 Å². The summed E-state index contributed by atoms with van der Waals surface area (Å²) < 4.78 is 0. The van der Waals surface area contributed by atoms with E-state index in [1.54, 1.807) is 0 Å². The van der Waals surface area contributed by atoms with Gasteiger partial charge in [-0.2, -0.15) is 0 Å². The van der Waals surface area contributed by atoms with Gasteiger partial charge in [0.05, 0.1) is 12.6 Å². The van der Waals surface area contributed by atoms with Crippen LogP contribution in [0.2, 0.25) is 0 Å². The molecule has 0 spiro atoms. The van der Waals surface area contributed by atoms with Crippen LogP contribution in [0.3, 0.4) is 0 Å². The van der Waals surface area contributed by atoms with Gasteiger partial charge in [0.25, 0.3) is 0 Å². The van der Waals surface area contributed by atoms with Crippen molar-refractivity contribution in [2.24, 2.45) is 0 Å². The lowest BCUT2D eigenvalue weighted by Gasteiger charge is -2.35. The van der Waals surface area contributed by atoms with Gasteiger partial charge in [0.15, 0.2) is 0 Å². The minimum Gasteiger partial charge on any atom is -0.391 e. The van der Waals surface area contributed by atoms with Crippen molar-refractivity contribution in [3.8, 4) is 0 Å². The van der Waals surface area contributed by atoms with Crippen LogP contribution in [0, 0.1) is 0 Å². The summed E-state index contributed by atoms with van der Waals surface area (Å²) >= 11 is 0. The van der Waals surface area contributed by atoms with Crippen LogP contribution in [0.4, 0.5) is 0 Å². The zero-order valence-corrected chi connectivity index (χ0v) is 12.2. The fraction of sp³-hybridized carbons (Fsp3) is 0.929. The molecule has 0 saturated heterocycles.